The minimum absolute atomic E-state index is 0.255. The monoisotopic (exact) mass is 290 g/mol. The number of hydrogen-bond donors (Lipinski definition) is 1. The van der Waals surface area contributed by atoms with Crippen LogP contribution in [0.3, 0.4) is 0 Å². The summed E-state index contributed by atoms with van der Waals surface area (Å²) in [6, 6.07) is 0. The fraction of sp³-hybridized carbons (Fsp3) is 0.417. The first kappa shape index (κ1) is 13.3. The Kier molecular flexibility index (Phi) is 3.16. The lowest BCUT2D eigenvalue weighted by Gasteiger charge is -2.00. The van der Waals surface area contributed by atoms with E-state index < -0.39 is 11.2 Å². The van der Waals surface area contributed by atoms with E-state index in [1.165, 1.54) is 10.9 Å². The van der Waals surface area contributed by atoms with Crippen molar-refractivity contribution in [3.63, 3.8) is 0 Å². The van der Waals surface area contributed by atoms with Crippen molar-refractivity contribution in [3.8, 4) is 0 Å². The van der Waals surface area contributed by atoms with E-state index in [1.54, 1.807) is 11.6 Å². The highest BCUT2D eigenvalue weighted by molar-refractivity contribution is 5.69. The summed E-state index contributed by atoms with van der Waals surface area (Å²) in [7, 11) is 1.55. The Morgan fingerprint density at radius 2 is 2.19 bits per heavy atom. The van der Waals surface area contributed by atoms with Crippen molar-refractivity contribution in [1.82, 2.24) is 29.2 Å². The van der Waals surface area contributed by atoms with Gasteiger partial charge in [0.15, 0.2) is 17.0 Å². The number of H-pyrrole nitrogens is 1. The number of fused-ring (bicyclic) bond motifs is 1. The molecule has 0 spiro atoms. The van der Waals surface area contributed by atoms with Crippen molar-refractivity contribution in [2.24, 2.45) is 7.05 Å². The summed E-state index contributed by atoms with van der Waals surface area (Å²) in [6.45, 7) is 2.28. The molecule has 1 N–H and O–H groups in total. The van der Waals surface area contributed by atoms with Crippen LogP contribution >= 0.6 is 0 Å². The van der Waals surface area contributed by atoms with Gasteiger partial charge >= 0.3 is 5.69 Å². The first-order valence-electron chi connectivity index (χ1n) is 6.55. The van der Waals surface area contributed by atoms with Crippen LogP contribution in [0.25, 0.3) is 11.2 Å². The average Bonchev–Trinajstić information content (AvgIpc) is 3.05. The molecule has 110 valence electrons. The summed E-state index contributed by atoms with van der Waals surface area (Å²) in [5.41, 5.74) is -0.356. The summed E-state index contributed by atoms with van der Waals surface area (Å²) < 4.78 is 7.98. The highest BCUT2D eigenvalue weighted by Gasteiger charge is 2.13. The predicted octanol–water partition coefficient (Wildman–Crippen LogP) is -0.193. The van der Waals surface area contributed by atoms with Gasteiger partial charge in [0, 0.05) is 13.5 Å². The minimum atomic E-state index is -0.498. The van der Waals surface area contributed by atoms with Crippen molar-refractivity contribution in [1.29, 1.82) is 0 Å². The zero-order valence-electron chi connectivity index (χ0n) is 11.7. The van der Waals surface area contributed by atoms with E-state index in [0.29, 0.717) is 29.3 Å². The predicted molar refractivity (Wildman–Crippen MR) is 73.0 cm³/mol. The molecule has 0 aliphatic rings. The second-order valence-electron chi connectivity index (χ2n) is 4.72. The van der Waals surface area contributed by atoms with Crippen molar-refractivity contribution in [2.45, 2.75) is 26.3 Å². The van der Waals surface area contributed by atoms with Gasteiger partial charge in [-0.05, 0) is 6.42 Å². The standard InChI is InChI=1S/C12H14N6O3/c1-3-4-8-14-7(16-21-8)5-18-6-13-10-9(18)11(19)15-12(20)17(10)2/h6H,3-5H2,1-2H3,(H,15,19,20). The van der Waals surface area contributed by atoms with Crippen molar-refractivity contribution < 1.29 is 4.52 Å². The van der Waals surface area contributed by atoms with Crippen molar-refractivity contribution in [3.05, 3.63) is 38.9 Å². The van der Waals surface area contributed by atoms with E-state index in [1.807, 2.05) is 6.92 Å². The van der Waals surface area contributed by atoms with Crippen LogP contribution in [0.2, 0.25) is 0 Å². The largest absolute Gasteiger partial charge is 0.339 e. The highest BCUT2D eigenvalue weighted by atomic mass is 16.5. The lowest BCUT2D eigenvalue weighted by Crippen LogP contribution is -2.29. The molecule has 0 atom stereocenters. The van der Waals surface area contributed by atoms with Crippen molar-refractivity contribution >= 4 is 11.2 Å². The second kappa shape index (κ2) is 5.00. The normalized spacial score (nSPS) is 11.3. The number of aromatic amines is 1. The molecule has 9 heteroatoms. The fourth-order valence-electron chi connectivity index (χ4n) is 2.13. The highest BCUT2D eigenvalue weighted by Crippen LogP contribution is 2.08. The Bertz CT molecular complexity index is 900. The summed E-state index contributed by atoms with van der Waals surface area (Å²) in [5.74, 6) is 1.03. The molecule has 9 nitrogen and oxygen atoms in total. The van der Waals surface area contributed by atoms with Crippen molar-refractivity contribution in [2.75, 3.05) is 0 Å². The topological polar surface area (TPSA) is 112 Å². The molecule has 0 amide bonds. The second-order valence-corrected chi connectivity index (χ2v) is 4.72. The first-order valence-corrected chi connectivity index (χ1v) is 6.55. The minimum Gasteiger partial charge on any atom is -0.339 e. The van der Waals surface area contributed by atoms with E-state index in [-0.39, 0.29) is 6.54 Å². The Morgan fingerprint density at radius 1 is 1.38 bits per heavy atom. The van der Waals surface area contributed by atoms with Gasteiger partial charge in [0.05, 0.1) is 12.9 Å². The zero-order chi connectivity index (χ0) is 15.0. The van der Waals surface area contributed by atoms with Crippen LogP contribution in [0.15, 0.2) is 20.4 Å². The lowest BCUT2D eigenvalue weighted by molar-refractivity contribution is 0.371. The molecule has 0 aromatic carbocycles. The lowest BCUT2D eigenvalue weighted by atomic mass is 10.3. The van der Waals surface area contributed by atoms with Crippen LogP contribution in [-0.2, 0) is 20.0 Å². The van der Waals surface area contributed by atoms with Crippen LogP contribution in [0, 0.1) is 0 Å². The number of rotatable bonds is 4. The van der Waals surface area contributed by atoms with Crippen LogP contribution in [0.4, 0.5) is 0 Å². The van der Waals surface area contributed by atoms with E-state index in [9.17, 15) is 9.59 Å². The third-order valence-electron chi connectivity index (χ3n) is 3.16. The molecule has 3 heterocycles. The summed E-state index contributed by atoms with van der Waals surface area (Å²) in [6.07, 6.45) is 3.11. The Morgan fingerprint density at radius 3 is 2.95 bits per heavy atom. The molecule has 0 bridgehead atoms. The van der Waals surface area contributed by atoms with E-state index in [4.69, 9.17) is 4.52 Å². The number of nitrogens with one attached hydrogen (secondary N) is 1. The maximum Gasteiger partial charge on any atom is 0.329 e. The summed E-state index contributed by atoms with van der Waals surface area (Å²) in [5, 5.41) is 3.87. The number of nitrogens with zero attached hydrogens (tertiary/aromatic N) is 5. The molecule has 0 saturated carbocycles. The van der Waals surface area contributed by atoms with Gasteiger partial charge in [-0.25, -0.2) is 9.78 Å². The van der Waals surface area contributed by atoms with Crippen LogP contribution < -0.4 is 11.2 Å². The molecule has 3 rings (SSSR count). The van der Waals surface area contributed by atoms with E-state index in [0.717, 1.165) is 6.42 Å². The molecular formula is C12H14N6O3. The SMILES string of the molecule is CCCc1nc(Cn2cnc3c2c(=O)[nH]c(=O)n3C)no1. The van der Waals surface area contributed by atoms with E-state index in [2.05, 4.69) is 20.1 Å². The van der Waals surface area contributed by atoms with Crippen LogP contribution in [-0.4, -0.2) is 29.2 Å². The molecule has 0 unspecified atom stereocenters. The third kappa shape index (κ3) is 2.26. The van der Waals surface area contributed by atoms with Crippen LogP contribution in [0.5, 0.6) is 0 Å². The van der Waals surface area contributed by atoms with Gasteiger partial charge in [-0.1, -0.05) is 12.1 Å². The molecule has 0 saturated heterocycles. The summed E-state index contributed by atoms with van der Waals surface area (Å²) in [4.78, 5) is 34.0. The molecule has 3 aromatic rings. The maximum absolute atomic E-state index is 11.9. The Balaban J connectivity index is 2.03. The zero-order valence-corrected chi connectivity index (χ0v) is 11.7. The third-order valence-corrected chi connectivity index (χ3v) is 3.16. The van der Waals surface area contributed by atoms with Gasteiger partial charge in [0.2, 0.25) is 5.89 Å². The molecule has 3 aromatic heterocycles. The van der Waals surface area contributed by atoms with Gasteiger partial charge < -0.3 is 9.09 Å². The quantitative estimate of drug-likeness (QED) is 0.712. The first-order chi connectivity index (χ1) is 10.1. The number of imidazole rings is 1. The van der Waals surface area contributed by atoms with Gasteiger partial charge in [-0.3, -0.25) is 14.3 Å². The fourth-order valence-corrected chi connectivity index (χ4v) is 2.13. The summed E-state index contributed by atoms with van der Waals surface area (Å²) >= 11 is 0. The maximum atomic E-state index is 11.9. The van der Waals surface area contributed by atoms with Gasteiger partial charge in [-0.15, -0.1) is 0 Å². The Hall–Kier alpha value is -2.71. The van der Waals surface area contributed by atoms with Gasteiger partial charge in [0.25, 0.3) is 5.56 Å². The van der Waals surface area contributed by atoms with E-state index >= 15 is 0 Å². The Labute approximate surface area is 118 Å². The smallest absolute Gasteiger partial charge is 0.329 e. The number of aromatic nitrogens is 6. The molecule has 0 aliphatic carbocycles. The van der Waals surface area contributed by atoms with Crippen LogP contribution in [0.1, 0.15) is 25.1 Å². The number of aryl methyl sites for hydroxylation is 2. The molecule has 0 radical (unpaired) electrons. The van der Waals surface area contributed by atoms with Gasteiger partial charge in [-0.2, -0.15) is 4.98 Å². The molecule has 0 fully saturated rings. The average molecular weight is 290 g/mol. The molecule has 21 heavy (non-hydrogen) atoms. The molecule has 0 aliphatic heterocycles. The number of hydrogen-bond acceptors (Lipinski definition) is 6. The molecular weight excluding hydrogens is 276 g/mol. The van der Waals surface area contributed by atoms with Gasteiger partial charge in [0.1, 0.15) is 0 Å².